The van der Waals surface area contributed by atoms with Gasteiger partial charge in [-0.25, -0.2) is 0 Å². The first-order valence-corrected chi connectivity index (χ1v) is 6.45. The third-order valence-corrected chi connectivity index (χ3v) is 3.04. The fourth-order valence-electron chi connectivity index (χ4n) is 0.987. The van der Waals surface area contributed by atoms with E-state index < -0.39 is 8.60 Å². The summed E-state index contributed by atoms with van der Waals surface area (Å²) in [5, 5.41) is 0. The summed E-state index contributed by atoms with van der Waals surface area (Å²) in [5.41, 5.74) is 3.82. The number of hydrogen-bond donors (Lipinski definition) is 1. The first kappa shape index (κ1) is 15.5. The van der Waals surface area contributed by atoms with Crippen molar-refractivity contribution in [1.29, 1.82) is 0 Å². The van der Waals surface area contributed by atoms with Crippen LogP contribution in [0.4, 0.5) is 0 Å². The molecule has 0 atom stereocenters. The zero-order chi connectivity index (χ0) is 12.6. The quantitative estimate of drug-likeness (QED) is 0.766. The summed E-state index contributed by atoms with van der Waals surface area (Å²) in [4.78, 5) is 8.67. The van der Waals surface area contributed by atoms with Gasteiger partial charge in [-0.15, -0.1) is 0 Å². The molecule has 3 nitrogen and oxygen atoms in total. The Bertz CT molecular complexity index is 272. The minimum atomic E-state index is -1.58. The Morgan fingerprint density at radius 3 is 1.88 bits per heavy atom. The molecule has 16 heavy (non-hydrogen) atoms. The largest absolute Gasteiger partial charge is 0.329 e. The highest BCUT2D eigenvalue weighted by Crippen LogP contribution is 2.31. The second-order valence-corrected chi connectivity index (χ2v) is 4.23. The molecule has 1 aliphatic carbocycles. The minimum Gasteiger partial charge on any atom is -0.328 e. The highest BCUT2D eigenvalue weighted by molar-refractivity contribution is 7.40. The van der Waals surface area contributed by atoms with Crippen LogP contribution in [-0.4, -0.2) is 18.1 Å². The van der Waals surface area contributed by atoms with Gasteiger partial charge in [-0.1, -0.05) is 18.7 Å². The van der Waals surface area contributed by atoms with E-state index in [1.165, 1.54) is 11.1 Å². The highest BCUT2D eigenvalue weighted by atomic mass is 31.2. The van der Waals surface area contributed by atoms with E-state index in [0.29, 0.717) is 13.2 Å². The fraction of sp³-hybridized carbons (Fsp3) is 0.500. The Balaban J connectivity index is 0.000000281. The van der Waals surface area contributed by atoms with Gasteiger partial charge in [0.2, 0.25) is 0 Å². The predicted molar refractivity (Wildman–Crippen MR) is 69.0 cm³/mol. The molecule has 0 fully saturated rings. The van der Waals surface area contributed by atoms with Crippen LogP contribution in [0.5, 0.6) is 0 Å². The first-order chi connectivity index (χ1) is 7.52. The molecular formula is C12H21O3P. The summed E-state index contributed by atoms with van der Waals surface area (Å²) < 4.78 is 9.36. The van der Waals surface area contributed by atoms with Gasteiger partial charge in [-0.3, -0.25) is 0 Å². The third kappa shape index (κ3) is 6.19. The molecule has 1 N–H and O–H groups in total. The number of hydrogen-bond acceptors (Lipinski definition) is 3. The van der Waals surface area contributed by atoms with E-state index in [0.717, 1.165) is 5.57 Å². The van der Waals surface area contributed by atoms with Crippen molar-refractivity contribution < 1.29 is 13.9 Å². The average Bonchev–Trinajstić information content (AvgIpc) is 2.51. The topological polar surface area (TPSA) is 38.7 Å². The molecule has 0 unspecified atom stereocenters. The normalized spacial score (nSPS) is 14.5. The standard InChI is InChI=1S/C8H10.C4H11O3P/c1-6-4-5-7(2)8(6)3;1-3-6-8(5)7-4-2/h4-5H,1H2,2-3H3;5H,3-4H2,1-2H3. The maximum absolute atomic E-state index is 8.67. The molecule has 1 rings (SSSR count). The van der Waals surface area contributed by atoms with Gasteiger partial charge in [0.05, 0.1) is 13.2 Å². The van der Waals surface area contributed by atoms with Crippen LogP contribution in [0.1, 0.15) is 27.7 Å². The van der Waals surface area contributed by atoms with Crippen molar-refractivity contribution in [2.75, 3.05) is 13.2 Å². The van der Waals surface area contributed by atoms with Crippen molar-refractivity contribution in [3.8, 4) is 0 Å². The van der Waals surface area contributed by atoms with Crippen molar-refractivity contribution in [3.05, 3.63) is 35.5 Å². The predicted octanol–water partition coefficient (Wildman–Crippen LogP) is 3.73. The van der Waals surface area contributed by atoms with E-state index in [2.05, 4.69) is 35.5 Å². The van der Waals surface area contributed by atoms with Crippen LogP contribution in [0, 0.1) is 0 Å². The van der Waals surface area contributed by atoms with Crippen molar-refractivity contribution in [2.45, 2.75) is 27.7 Å². The summed E-state index contributed by atoms with van der Waals surface area (Å²) >= 11 is 0. The van der Waals surface area contributed by atoms with Gasteiger partial charge in [0.1, 0.15) is 0 Å². The van der Waals surface area contributed by atoms with Crippen molar-refractivity contribution in [1.82, 2.24) is 0 Å². The Hall–Kier alpha value is -0.470. The zero-order valence-corrected chi connectivity index (χ0v) is 11.4. The second-order valence-electron chi connectivity index (χ2n) is 3.24. The third-order valence-electron chi connectivity index (χ3n) is 2.09. The molecule has 0 aliphatic heterocycles. The molecule has 0 amide bonds. The van der Waals surface area contributed by atoms with E-state index in [-0.39, 0.29) is 0 Å². The Kier molecular flexibility index (Phi) is 8.40. The molecule has 0 aromatic rings. The molecule has 0 bridgehead atoms. The highest BCUT2D eigenvalue weighted by Gasteiger charge is 2.01. The van der Waals surface area contributed by atoms with Crippen LogP contribution >= 0.6 is 8.60 Å². The lowest BCUT2D eigenvalue weighted by molar-refractivity contribution is 0.216. The van der Waals surface area contributed by atoms with Crippen LogP contribution in [0.2, 0.25) is 0 Å². The lowest BCUT2D eigenvalue weighted by Gasteiger charge is -2.05. The molecular weight excluding hydrogens is 223 g/mol. The summed E-state index contributed by atoms with van der Waals surface area (Å²) in [6.07, 6.45) is 4.14. The Morgan fingerprint density at radius 1 is 1.19 bits per heavy atom. The smallest absolute Gasteiger partial charge is 0.328 e. The lowest BCUT2D eigenvalue weighted by atomic mass is 10.1. The van der Waals surface area contributed by atoms with Gasteiger partial charge < -0.3 is 13.9 Å². The van der Waals surface area contributed by atoms with Gasteiger partial charge in [0.25, 0.3) is 0 Å². The second kappa shape index (κ2) is 8.66. The minimum absolute atomic E-state index is 0.502. The van der Waals surface area contributed by atoms with Crippen LogP contribution in [0.25, 0.3) is 0 Å². The summed E-state index contributed by atoms with van der Waals surface area (Å²) in [5.74, 6) is 0. The van der Waals surface area contributed by atoms with Gasteiger partial charge in [-0.05, 0) is 44.4 Å². The molecule has 1 aliphatic rings. The van der Waals surface area contributed by atoms with Crippen molar-refractivity contribution >= 4 is 8.60 Å². The van der Waals surface area contributed by atoms with E-state index in [1.54, 1.807) is 0 Å². The lowest BCUT2D eigenvalue weighted by Crippen LogP contribution is -1.87. The molecule has 0 radical (unpaired) electrons. The molecule has 0 aromatic heterocycles. The van der Waals surface area contributed by atoms with Crippen LogP contribution in [0.3, 0.4) is 0 Å². The number of allylic oxidation sites excluding steroid dienone is 5. The molecule has 0 saturated heterocycles. The molecule has 4 heteroatoms. The average molecular weight is 244 g/mol. The van der Waals surface area contributed by atoms with E-state index >= 15 is 0 Å². The van der Waals surface area contributed by atoms with Crippen LogP contribution < -0.4 is 0 Å². The van der Waals surface area contributed by atoms with Crippen LogP contribution in [-0.2, 0) is 9.05 Å². The molecule has 0 heterocycles. The van der Waals surface area contributed by atoms with Gasteiger partial charge in [0.15, 0.2) is 0 Å². The molecule has 0 aromatic carbocycles. The summed E-state index contributed by atoms with van der Waals surface area (Å²) in [7, 11) is -1.58. The van der Waals surface area contributed by atoms with E-state index in [4.69, 9.17) is 4.89 Å². The zero-order valence-electron chi connectivity index (χ0n) is 10.5. The maximum Gasteiger partial charge on any atom is 0.329 e. The summed E-state index contributed by atoms with van der Waals surface area (Å²) in [6, 6.07) is 0. The van der Waals surface area contributed by atoms with E-state index in [9.17, 15) is 0 Å². The fourth-order valence-corrected chi connectivity index (χ4v) is 1.50. The van der Waals surface area contributed by atoms with Crippen LogP contribution in [0.15, 0.2) is 35.5 Å². The van der Waals surface area contributed by atoms with Gasteiger partial charge >= 0.3 is 8.60 Å². The van der Waals surface area contributed by atoms with Crippen molar-refractivity contribution in [3.63, 3.8) is 0 Å². The van der Waals surface area contributed by atoms with Gasteiger partial charge in [-0.2, -0.15) is 0 Å². The number of rotatable bonds is 4. The molecule has 0 spiro atoms. The Morgan fingerprint density at radius 2 is 1.69 bits per heavy atom. The Labute approximate surface area is 99.5 Å². The molecule has 92 valence electrons. The first-order valence-electron chi connectivity index (χ1n) is 5.32. The SMILES string of the molecule is C=C1C=CC(C)=C1C.CCOP(O)OCC. The summed E-state index contributed by atoms with van der Waals surface area (Å²) in [6.45, 7) is 12.7. The maximum atomic E-state index is 8.67. The van der Waals surface area contributed by atoms with E-state index in [1.807, 2.05) is 19.9 Å². The molecule has 0 saturated carbocycles. The monoisotopic (exact) mass is 244 g/mol. The van der Waals surface area contributed by atoms with Crippen molar-refractivity contribution in [2.24, 2.45) is 0 Å². The van der Waals surface area contributed by atoms with Gasteiger partial charge in [0, 0.05) is 0 Å².